The van der Waals surface area contributed by atoms with Crippen molar-refractivity contribution in [3.05, 3.63) is 53.2 Å². The summed E-state index contributed by atoms with van der Waals surface area (Å²) in [6.07, 6.45) is 3.38. The van der Waals surface area contributed by atoms with Gasteiger partial charge in [-0.3, -0.25) is 4.79 Å². The first-order valence-corrected chi connectivity index (χ1v) is 7.18. The second-order valence-corrected chi connectivity index (χ2v) is 5.17. The lowest BCUT2D eigenvalue weighted by molar-refractivity contribution is 0.0957. The van der Waals surface area contributed by atoms with Gasteiger partial charge in [0.25, 0.3) is 5.91 Å². The molecule has 1 atom stereocenters. The van der Waals surface area contributed by atoms with E-state index >= 15 is 0 Å². The molecule has 0 fully saturated rings. The zero-order valence-electron chi connectivity index (χ0n) is 12.0. The van der Waals surface area contributed by atoms with Crippen LogP contribution in [0.15, 0.2) is 36.4 Å². The van der Waals surface area contributed by atoms with Crippen LogP contribution in [0.25, 0.3) is 0 Å². The molecule has 0 aliphatic heterocycles. The van der Waals surface area contributed by atoms with Crippen molar-refractivity contribution in [2.24, 2.45) is 0 Å². The van der Waals surface area contributed by atoms with Crippen LogP contribution in [0.1, 0.15) is 40.5 Å². The highest BCUT2D eigenvalue weighted by Crippen LogP contribution is 2.31. The van der Waals surface area contributed by atoms with Gasteiger partial charge in [0.05, 0.1) is 6.04 Å². The molecule has 2 N–H and O–H groups in total. The van der Waals surface area contributed by atoms with Crippen molar-refractivity contribution in [2.75, 3.05) is 12.4 Å². The minimum Gasteiger partial charge on any atom is -0.362 e. The summed E-state index contributed by atoms with van der Waals surface area (Å²) in [5.41, 5.74) is 3.06. The number of nitrogens with one attached hydrogen (secondary N) is 2. The molecule has 1 amide bonds. The van der Waals surface area contributed by atoms with Crippen LogP contribution in [0.5, 0.6) is 0 Å². The van der Waals surface area contributed by atoms with Gasteiger partial charge in [-0.15, -0.1) is 10.2 Å². The molecule has 0 radical (unpaired) electrons. The fourth-order valence-corrected chi connectivity index (χ4v) is 2.74. The van der Waals surface area contributed by atoms with Crippen molar-refractivity contribution >= 4 is 11.7 Å². The molecule has 0 unspecified atom stereocenters. The van der Waals surface area contributed by atoms with E-state index in [1.54, 1.807) is 19.2 Å². The number of nitrogens with zero attached hydrogens (tertiary/aromatic N) is 2. The lowest BCUT2D eigenvalue weighted by atomic mass is 9.88. The zero-order valence-corrected chi connectivity index (χ0v) is 12.0. The van der Waals surface area contributed by atoms with Crippen LogP contribution in [-0.4, -0.2) is 23.2 Å². The van der Waals surface area contributed by atoms with Crippen LogP contribution < -0.4 is 10.6 Å². The average Bonchev–Trinajstić information content (AvgIpc) is 2.55. The summed E-state index contributed by atoms with van der Waals surface area (Å²) in [5.74, 6) is 0.474. The first-order valence-electron chi connectivity index (χ1n) is 7.18. The smallest absolute Gasteiger partial charge is 0.271 e. The number of fused-ring (bicyclic) bond motifs is 1. The van der Waals surface area contributed by atoms with E-state index in [9.17, 15) is 4.79 Å². The Morgan fingerprint density at radius 1 is 1.19 bits per heavy atom. The molecule has 1 heterocycles. The number of rotatable bonds is 3. The van der Waals surface area contributed by atoms with Gasteiger partial charge in [0, 0.05) is 7.05 Å². The monoisotopic (exact) mass is 282 g/mol. The Kier molecular flexibility index (Phi) is 3.81. The third-order valence-corrected chi connectivity index (χ3v) is 3.82. The van der Waals surface area contributed by atoms with E-state index < -0.39 is 0 Å². The molecule has 0 bridgehead atoms. The highest BCUT2D eigenvalue weighted by molar-refractivity contribution is 5.91. The number of aromatic nitrogens is 2. The molecular formula is C16H18N4O. The van der Waals surface area contributed by atoms with Crippen molar-refractivity contribution in [1.82, 2.24) is 15.5 Å². The largest absolute Gasteiger partial charge is 0.362 e. The lowest BCUT2D eigenvalue weighted by Gasteiger charge is -2.26. The summed E-state index contributed by atoms with van der Waals surface area (Å²) in [6.45, 7) is 0. The normalized spacial score (nSPS) is 16.9. The number of amides is 1. The van der Waals surface area contributed by atoms with Crippen molar-refractivity contribution in [2.45, 2.75) is 25.3 Å². The van der Waals surface area contributed by atoms with E-state index in [1.165, 1.54) is 17.5 Å². The molecule has 0 saturated heterocycles. The molecule has 0 saturated carbocycles. The molecule has 1 aromatic carbocycles. The first kappa shape index (κ1) is 13.5. The lowest BCUT2D eigenvalue weighted by Crippen LogP contribution is -2.21. The molecule has 1 aromatic heterocycles. The number of aryl methyl sites for hydroxylation is 1. The third-order valence-electron chi connectivity index (χ3n) is 3.82. The van der Waals surface area contributed by atoms with Crippen LogP contribution in [0.3, 0.4) is 0 Å². The fourth-order valence-electron chi connectivity index (χ4n) is 2.74. The standard InChI is InChI=1S/C16H18N4O/c1-17-16(21)14-9-10-15(20-19-14)18-13-8-4-6-11-5-2-3-7-12(11)13/h2-3,5,7,9-10,13H,4,6,8H2,1H3,(H,17,21)(H,18,20)/t13-/m0/s1. The SMILES string of the molecule is CNC(=O)c1ccc(N[C@H]2CCCc3ccccc32)nn1. The molecule has 2 aromatic rings. The Labute approximate surface area is 123 Å². The molecule has 21 heavy (non-hydrogen) atoms. The van der Waals surface area contributed by atoms with Gasteiger partial charge in [-0.25, -0.2) is 0 Å². The van der Waals surface area contributed by atoms with Crippen molar-refractivity contribution in [1.29, 1.82) is 0 Å². The minimum absolute atomic E-state index is 0.225. The van der Waals surface area contributed by atoms with E-state index in [2.05, 4.69) is 45.1 Å². The molecular weight excluding hydrogens is 264 g/mol. The highest BCUT2D eigenvalue weighted by atomic mass is 16.1. The number of hydrogen-bond donors (Lipinski definition) is 2. The summed E-state index contributed by atoms with van der Waals surface area (Å²) in [6, 6.07) is 12.2. The van der Waals surface area contributed by atoms with Crippen LogP contribution in [0, 0.1) is 0 Å². The zero-order chi connectivity index (χ0) is 14.7. The number of carbonyl (C=O) groups excluding carboxylic acids is 1. The Hall–Kier alpha value is -2.43. The molecule has 5 nitrogen and oxygen atoms in total. The Morgan fingerprint density at radius 3 is 2.81 bits per heavy atom. The van der Waals surface area contributed by atoms with Gasteiger partial charge in [-0.1, -0.05) is 24.3 Å². The predicted octanol–water partition coefficient (Wildman–Crippen LogP) is 2.33. The van der Waals surface area contributed by atoms with Crippen LogP contribution in [-0.2, 0) is 6.42 Å². The van der Waals surface area contributed by atoms with Gasteiger partial charge < -0.3 is 10.6 Å². The third kappa shape index (κ3) is 2.86. The summed E-state index contributed by atoms with van der Waals surface area (Å²) < 4.78 is 0. The van der Waals surface area contributed by atoms with Crippen LogP contribution in [0.2, 0.25) is 0 Å². The molecule has 1 aliphatic rings. The fraction of sp³-hybridized carbons (Fsp3) is 0.312. The summed E-state index contributed by atoms with van der Waals surface area (Å²) in [5, 5.41) is 14.0. The highest BCUT2D eigenvalue weighted by Gasteiger charge is 2.20. The Morgan fingerprint density at radius 2 is 2.05 bits per heavy atom. The van der Waals surface area contributed by atoms with E-state index in [1.807, 2.05) is 0 Å². The molecule has 108 valence electrons. The summed E-state index contributed by atoms with van der Waals surface area (Å²) >= 11 is 0. The van der Waals surface area contributed by atoms with E-state index in [0.29, 0.717) is 11.5 Å². The topological polar surface area (TPSA) is 66.9 Å². The second kappa shape index (κ2) is 5.91. The Bertz CT molecular complexity index is 639. The second-order valence-electron chi connectivity index (χ2n) is 5.17. The molecule has 5 heteroatoms. The van der Waals surface area contributed by atoms with Gasteiger partial charge >= 0.3 is 0 Å². The van der Waals surface area contributed by atoms with Gasteiger partial charge in [-0.2, -0.15) is 0 Å². The number of benzene rings is 1. The molecule has 1 aliphatic carbocycles. The molecule has 0 spiro atoms. The minimum atomic E-state index is -0.225. The first-order chi connectivity index (χ1) is 10.3. The van der Waals surface area contributed by atoms with Gasteiger partial charge in [0.1, 0.15) is 5.82 Å². The average molecular weight is 282 g/mol. The Balaban J connectivity index is 1.77. The number of carbonyl (C=O) groups is 1. The summed E-state index contributed by atoms with van der Waals surface area (Å²) in [4.78, 5) is 11.4. The maximum atomic E-state index is 11.4. The predicted molar refractivity (Wildman–Crippen MR) is 81.2 cm³/mol. The van der Waals surface area contributed by atoms with E-state index in [-0.39, 0.29) is 11.9 Å². The van der Waals surface area contributed by atoms with E-state index in [0.717, 1.165) is 12.8 Å². The van der Waals surface area contributed by atoms with E-state index in [4.69, 9.17) is 0 Å². The van der Waals surface area contributed by atoms with Crippen molar-refractivity contribution < 1.29 is 4.79 Å². The quantitative estimate of drug-likeness (QED) is 0.906. The van der Waals surface area contributed by atoms with Gasteiger partial charge in [-0.05, 0) is 42.5 Å². The number of hydrogen-bond acceptors (Lipinski definition) is 4. The number of anilines is 1. The van der Waals surface area contributed by atoms with Gasteiger partial charge in [0.2, 0.25) is 0 Å². The van der Waals surface area contributed by atoms with Gasteiger partial charge in [0.15, 0.2) is 5.69 Å². The van der Waals surface area contributed by atoms with Crippen molar-refractivity contribution in [3.63, 3.8) is 0 Å². The van der Waals surface area contributed by atoms with Crippen molar-refractivity contribution in [3.8, 4) is 0 Å². The summed E-state index contributed by atoms with van der Waals surface area (Å²) in [7, 11) is 1.58. The van der Waals surface area contributed by atoms with Crippen LogP contribution in [0.4, 0.5) is 5.82 Å². The maximum Gasteiger partial charge on any atom is 0.271 e. The molecule has 3 rings (SSSR count). The van der Waals surface area contributed by atoms with Crippen LogP contribution >= 0.6 is 0 Å². The maximum absolute atomic E-state index is 11.4.